The second-order valence-electron chi connectivity index (χ2n) is 8.12. The molecule has 6 nitrogen and oxygen atoms in total. The first-order valence-electron chi connectivity index (χ1n) is 10.7. The molecule has 1 fully saturated rings. The summed E-state index contributed by atoms with van der Waals surface area (Å²) in [7, 11) is 1.66. The number of carbonyl (C=O) groups excluding carboxylic acids is 1. The van der Waals surface area contributed by atoms with Gasteiger partial charge in [0.1, 0.15) is 5.75 Å². The van der Waals surface area contributed by atoms with Crippen LogP contribution in [0.25, 0.3) is 11.4 Å². The Morgan fingerprint density at radius 2 is 2.06 bits per heavy atom. The van der Waals surface area contributed by atoms with E-state index in [9.17, 15) is 4.79 Å². The topological polar surface area (TPSA) is 69.9 Å². The van der Waals surface area contributed by atoms with Crippen molar-refractivity contribution in [3.05, 3.63) is 53.9 Å². The van der Waals surface area contributed by atoms with Crippen LogP contribution in [0, 0.1) is 5.92 Å². The molecule has 0 spiro atoms. The smallest absolute Gasteiger partial charge is 0.192 e. The number of ketones is 1. The van der Waals surface area contributed by atoms with Crippen LogP contribution in [0.5, 0.6) is 5.75 Å². The van der Waals surface area contributed by atoms with Gasteiger partial charge in [-0.3, -0.25) is 14.3 Å². The second kappa shape index (κ2) is 9.64. The van der Waals surface area contributed by atoms with Gasteiger partial charge in [0.15, 0.2) is 16.8 Å². The average molecular weight is 437 g/mol. The minimum Gasteiger partial charge on any atom is -0.496 e. The SMILES string of the molecule is COc1ccc(C(C)=O)cc1CSc1nnc(-c2cccnc2)n1[C@H]1CCCC[C@H]1C. The Labute approximate surface area is 187 Å². The van der Waals surface area contributed by atoms with Gasteiger partial charge in [-0.2, -0.15) is 0 Å². The molecule has 1 aliphatic carbocycles. The minimum absolute atomic E-state index is 0.0481. The van der Waals surface area contributed by atoms with Gasteiger partial charge < -0.3 is 4.74 Å². The minimum atomic E-state index is 0.0481. The van der Waals surface area contributed by atoms with Crippen LogP contribution in [0.4, 0.5) is 0 Å². The standard InChI is InChI=1S/C24H28N4O2S/c1-16-7-4-5-9-21(16)28-23(19-8-6-12-25-14-19)26-27-24(28)31-15-20-13-18(17(2)29)10-11-22(20)30-3/h6,8,10-14,16,21H,4-5,7,9,15H2,1-3H3/t16-,21+/m1/s1. The van der Waals surface area contributed by atoms with E-state index in [1.165, 1.54) is 19.3 Å². The molecule has 4 rings (SSSR count). The number of rotatable bonds is 7. The third-order valence-electron chi connectivity index (χ3n) is 6.03. The number of thioether (sulfide) groups is 1. The molecule has 1 aromatic carbocycles. The van der Waals surface area contributed by atoms with E-state index in [-0.39, 0.29) is 5.78 Å². The Hall–Kier alpha value is -2.67. The third-order valence-corrected chi connectivity index (χ3v) is 7.02. The summed E-state index contributed by atoms with van der Waals surface area (Å²) in [6.45, 7) is 3.91. The lowest BCUT2D eigenvalue weighted by molar-refractivity contribution is 0.101. The van der Waals surface area contributed by atoms with Crippen LogP contribution in [0.3, 0.4) is 0 Å². The van der Waals surface area contributed by atoms with E-state index in [0.717, 1.165) is 34.3 Å². The van der Waals surface area contributed by atoms with Gasteiger partial charge >= 0.3 is 0 Å². The van der Waals surface area contributed by atoms with E-state index in [2.05, 4.69) is 26.7 Å². The Balaban J connectivity index is 1.68. The van der Waals surface area contributed by atoms with Crippen molar-refractivity contribution in [3.8, 4) is 17.1 Å². The maximum Gasteiger partial charge on any atom is 0.192 e. The molecular weight excluding hydrogens is 408 g/mol. The summed E-state index contributed by atoms with van der Waals surface area (Å²) in [5, 5.41) is 10.0. The number of nitrogens with zero attached hydrogens (tertiary/aromatic N) is 4. The maximum absolute atomic E-state index is 11.8. The van der Waals surface area contributed by atoms with Crippen LogP contribution in [0.1, 0.15) is 61.5 Å². The molecule has 2 atom stereocenters. The van der Waals surface area contributed by atoms with E-state index in [4.69, 9.17) is 4.74 Å². The summed E-state index contributed by atoms with van der Waals surface area (Å²) in [5.41, 5.74) is 2.65. The lowest BCUT2D eigenvalue weighted by Crippen LogP contribution is -2.22. The molecule has 0 saturated heterocycles. The first-order chi connectivity index (χ1) is 15.1. The second-order valence-corrected chi connectivity index (χ2v) is 9.06. The predicted octanol–water partition coefficient (Wildman–Crippen LogP) is 5.59. The van der Waals surface area contributed by atoms with Crippen LogP contribution >= 0.6 is 11.8 Å². The summed E-state index contributed by atoms with van der Waals surface area (Å²) in [4.78, 5) is 16.1. The van der Waals surface area contributed by atoms with Crippen molar-refractivity contribution in [2.45, 2.75) is 56.5 Å². The zero-order chi connectivity index (χ0) is 21.8. The highest BCUT2D eigenvalue weighted by molar-refractivity contribution is 7.98. The number of aromatic nitrogens is 4. The van der Waals surface area contributed by atoms with Gasteiger partial charge in [-0.15, -0.1) is 10.2 Å². The van der Waals surface area contributed by atoms with E-state index < -0.39 is 0 Å². The predicted molar refractivity (Wildman–Crippen MR) is 122 cm³/mol. The molecule has 3 aromatic rings. The van der Waals surface area contributed by atoms with E-state index >= 15 is 0 Å². The molecule has 1 saturated carbocycles. The summed E-state index contributed by atoms with van der Waals surface area (Å²) in [5.74, 6) is 2.92. The first kappa shape index (κ1) is 21.6. The van der Waals surface area contributed by atoms with Crippen molar-refractivity contribution in [2.75, 3.05) is 7.11 Å². The van der Waals surface area contributed by atoms with E-state index in [1.807, 2.05) is 36.5 Å². The molecule has 31 heavy (non-hydrogen) atoms. The third kappa shape index (κ3) is 4.66. The molecule has 0 aliphatic heterocycles. The summed E-state index contributed by atoms with van der Waals surface area (Å²) >= 11 is 1.64. The number of benzene rings is 1. The average Bonchev–Trinajstić information content (AvgIpc) is 3.22. The van der Waals surface area contributed by atoms with Gasteiger partial charge in [0, 0.05) is 40.9 Å². The number of hydrogen-bond donors (Lipinski definition) is 0. The molecule has 0 amide bonds. The molecule has 7 heteroatoms. The Bertz CT molecular complexity index is 1050. The number of ether oxygens (including phenoxy) is 1. The van der Waals surface area contributed by atoms with Crippen LogP contribution in [0.15, 0.2) is 47.9 Å². The van der Waals surface area contributed by atoms with E-state index in [1.54, 1.807) is 32.0 Å². The first-order valence-corrected chi connectivity index (χ1v) is 11.7. The van der Waals surface area contributed by atoms with Crippen molar-refractivity contribution in [2.24, 2.45) is 5.92 Å². The quantitative estimate of drug-likeness (QED) is 0.355. The Morgan fingerprint density at radius 1 is 1.23 bits per heavy atom. The Morgan fingerprint density at radius 3 is 2.77 bits per heavy atom. The molecule has 0 N–H and O–H groups in total. The summed E-state index contributed by atoms with van der Waals surface area (Å²) < 4.78 is 7.84. The fourth-order valence-electron chi connectivity index (χ4n) is 4.30. The van der Waals surface area contributed by atoms with E-state index in [0.29, 0.717) is 23.3 Å². The van der Waals surface area contributed by atoms with Crippen LogP contribution < -0.4 is 4.74 Å². The van der Waals surface area contributed by atoms with Crippen LogP contribution in [-0.4, -0.2) is 32.6 Å². The molecule has 0 bridgehead atoms. The molecule has 2 heterocycles. The van der Waals surface area contributed by atoms with Gasteiger partial charge in [0.05, 0.1) is 7.11 Å². The van der Waals surface area contributed by atoms with Crippen molar-refractivity contribution in [3.63, 3.8) is 0 Å². The lowest BCUT2D eigenvalue weighted by Gasteiger charge is -2.31. The van der Waals surface area contributed by atoms with Crippen molar-refractivity contribution < 1.29 is 9.53 Å². The Kier molecular flexibility index (Phi) is 6.70. The summed E-state index contributed by atoms with van der Waals surface area (Å²) in [6.07, 6.45) is 8.47. The van der Waals surface area contributed by atoms with Crippen LogP contribution in [-0.2, 0) is 5.75 Å². The van der Waals surface area contributed by atoms with Gasteiger partial charge in [-0.1, -0.05) is 31.5 Å². The molecular formula is C24H28N4O2S. The van der Waals surface area contributed by atoms with Gasteiger partial charge in [0.25, 0.3) is 0 Å². The number of Topliss-reactive ketones (excluding diaryl/α,β-unsaturated/α-hetero) is 1. The highest BCUT2D eigenvalue weighted by atomic mass is 32.2. The molecule has 0 unspecified atom stereocenters. The zero-order valence-electron chi connectivity index (χ0n) is 18.2. The highest BCUT2D eigenvalue weighted by Gasteiger charge is 2.28. The zero-order valence-corrected chi connectivity index (χ0v) is 19.1. The summed E-state index contributed by atoms with van der Waals surface area (Å²) in [6, 6.07) is 9.93. The maximum atomic E-state index is 11.8. The monoisotopic (exact) mass is 436 g/mol. The largest absolute Gasteiger partial charge is 0.496 e. The number of methoxy groups -OCH3 is 1. The number of carbonyl (C=O) groups is 1. The molecule has 162 valence electrons. The van der Waals surface area contributed by atoms with Crippen molar-refractivity contribution in [1.29, 1.82) is 0 Å². The molecule has 2 aromatic heterocycles. The van der Waals surface area contributed by atoms with Crippen LogP contribution in [0.2, 0.25) is 0 Å². The highest BCUT2D eigenvalue weighted by Crippen LogP contribution is 2.40. The van der Waals surface area contributed by atoms with Crippen molar-refractivity contribution in [1.82, 2.24) is 19.7 Å². The lowest BCUT2D eigenvalue weighted by atomic mass is 9.85. The number of pyridine rings is 1. The van der Waals surface area contributed by atoms with Gasteiger partial charge in [-0.05, 0) is 56.0 Å². The van der Waals surface area contributed by atoms with Crippen molar-refractivity contribution >= 4 is 17.5 Å². The fraction of sp³-hybridized carbons (Fsp3) is 0.417. The van der Waals surface area contributed by atoms with Gasteiger partial charge in [-0.25, -0.2) is 0 Å². The van der Waals surface area contributed by atoms with Gasteiger partial charge in [0.2, 0.25) is 0 Å². The number of hydrogen-bond acceptors (Lipinski definition) is 6. The molecule has 0 radical (unpaired) electrons. The molecule has 1 aliphatic rings. The normalized spacial score (nSPS) is 18.7. The fourth-order valence-corrected chi connectivity index (χ4v) is 5.27.